The third kappa shape index (κ3) is 3.98. The van der Waals surface area contributed by atoms with E-state index in [9.17, 15) is 0 Å². The lowest BCUT2D eigenvalue weighted by atomic mass is 9.96. The lowest BCUT2D eigenvalue weighted by molar-refractivity contribution is 0.332. The predicted octanol–water partition coefficient (Wildman–Crippen LogP) is 5.22. The topological polar surface area (TPSA) is 38.5 Å². The van der Waals surface area contributed by atoms with Crippen molar-refractivity contribution in [1.29, 1.82) is 0 Å². The van der Waals surface area contributed by atoms with Crippen LogP contribution in [0.2, 0.25) is 0 Å². The first-order valence-corrected chi connectivity index (χ1v) is 9.18. The van der Waals surface area contributed by atoms with Gasteiger partial charge in [-0.1, -0.05) is 30.3 Å². The van der Waals surface area contributed by atoms with Crippen molar-refractivity contribution in [1.82, 2.24) is 4.90 Å². The second-order valence-corrected chi connectivity index (χ2v) is 6.56. The summed E-state index contributed by atoms with van der Waals surface area (Å²) in [6.07, 6.45) is 7.38. The Balaban J connectivity index is 1.93. The van der Waals surface area contributed by atoms with E-state index < -0.39 is 0 Å². The van der Waals surface area contributed by atoms with Crippen molar-refractivity contribution in [2.24, 2.45) is 0 Å². The van der Waals surface area contributed by atoms with Gasteiger partial charge >= 0.3 is 0 Å². The van der Waals surface area contributed by atoms with Crippen LogP contribution in [0, 0.1) is 0 Å². The van der Waals surface area contributed by atoms with Gasteiger partial charge in [-0.15, -0.1) is 0 Å². The molecular weight excluding hydrogens is 308 g/mol. The summed E-state index contributed by atoms with van der Waals surface area (Å²) in [5, 5.41) is 0. The van der Waals surface area contributed by atoms with E-state index in [-0.39, 0.29) is 0 Å². The number of methoxy groups -OCH3 is 1. The average molecular weight is 336 g/mol. The van der Waals surface area contributed by atoms with E-state index in [0.29, 0.717) is 0 Å². The van der Waals surface area contributed by atoms with Gasteiger partial charge in [0.05, 0.1) is 7.11 Å². The lowest BCUT2D eigenvalue weighted by Gasteiger charge is -2.30. The molecule has 2 aromatic carbocycles. The quantitative estimate of drug-likeness (QED) is 0.735. The van der Waals surface area contributed by atoms with Crippen LogP contribution in [0.5, 0.6) is 5.75 Å². The minimum atomic E-state index is 0.858. The summed E-state index contributed by atoms with van der Waals surface area (Å²) >= 11 is 0. The fourth-order valence-electron chi connectivity index (χ4n) is 3.54. The molecule has 0 amide bonds. The molecule has 3 heteroatoms. The molecule has 3 rings (SSSR count). The van der Waals surface area contributed by atoms with Gasteiger partial charge in [-0.2, -0.15) is 0 Å². The van der Waals surface area contributed by atoms with Gasteiger partial charge < -0.3 is 15.4 Å². The molecule has 0 bridgehead atoms. The number of hydrogen-bond donors (Lipinski definition) is 1. The van der Waals surface area contributed by atoms with Crippen molar-refractivity contribution < 1.29 is 4.74 Å². The molecule has 0 unspecified atom stereocenters. The molecule has 1 aliphatic carbocycles. The molecule has 0 spiro atoms. The van der Waals surface area contributed by atoms with Crippen LogP contribution in [-0.2, 0) is 6.54 Å². The van der Waals surface area contributed by atoms with Crippen LogP contribution < -0.4 is 10.5 Å². The third-order valence-electron chi connectivity index (χ3n) is 5.02. The summed E-state index contributed by atoms with van der Waals surface area (Å²) in [6.45, 7) is 4.08. The van der Waals surface area contributed by atoms with E-state index in [1.165, 1.54) is 48.1 Å². The molecule has 0 saturated carbocycles. The van der Waals surface area contributed by atoms with Gasteiger partial charge in [0, 0.05) is 30.0 Å². The van der Waals surface area contributed by atoms with Gasteiger partial charge in [-0.3, -0.25) is 0 Å². The first-order valence-electron chi connectivity index (χ1n) is 9.18. The molecule has 0 heterocycles. The molecule has 0 aromatic heterocycles. The minimum Gasteiger partial charge on any atom is -0.497 e. The number of rotatable bonds is 6. The van der Waals surface area contributed by atoms with Crippen LogP contribution in [0.4, 0.5) is 5.69 Å². The second-order valence-electron chi connectivity index (χ2n) is 6.56. The van der Waals surface area contributed by atoms with Crippen LogP contribution in [0.1, 0.15) is 38.2 Å². The molecular formula is C22H28N2O. The summed E-state index contributed by atoms with van der Waals surface area (Å²) in [5.41, 5.74) is 12.3. The fourth-order valence-corrected chi connectivity index (χ4v) is 3.54. The van der Waals surface area contributed by atoms with Crippen molar-refractivity contribution in [3.63, 3.8) is 0 Å². The van der Waals surface area contributed by atoms with Crippen LogP contribution in [-0.4, -0.2) is 18.6 Å². The largest absolute Gasteiger partial charge is 0.497 e. The minimum absolute atomic E-state index is 0.858. The Morgan fingerprint density at radius 3 is 2.52 bits per heavy atom. The van der Waals surface area contributed by atoms with Crippen LogP contribution in [0.15, 0.2) is 54.2 Å². The highest BCUT2D eigenvalue weighted by Gasteiger charge is 2.15. The van der Waals surface area contributed by atoms with E-state index in [0.717, 1.165) is 24.5 Å². The number of nitrogens with two attached hydrogens (primary N) is 1. The number of allylic oxidation sites excluding steroid dienone is 2. The highest BCUT2D eigenvalue weighted by atomic mass is 16.5. The van der Waals surface area contributed by atoms with Crippen molar-refractivity contribution in [2.45, 2.75) is 39.2 Å². The third-order valence-corrected chi connectivity index (χ3v) is 5.02. The molecule has 25 heavy (non-hydrogen) atoms. The SMILES string of the molecule is CCN(Cc1c(N)cccc1-c1ccc(OC)cc1)C1=CCCCC1. The molecule has 0 saturated heterocycles. The molecule has 0 atom stereocenters. The monoisotopic (exact) mass is 336 g/mol. The summed E-state index contributed by atoms with van der Waals surface area (Å²) < 4.78 is 5.28. The standard InChI is InChI=1S/C22H28N2O/c1-3-24(18-8-5-4-6-9-18)16-21-20(10-7-11-22(21)23)17-12-14-19(25-2)15-13-17/h7-8,10-15H,3-6,9,16,23H2,1-2H3. The van der Waals surface area contributed by atoms with Crippen LogP contribution >= 0.6 is 0 Å². The first-order chi connectivity index (χ1) is 12.2. The zero-order valence-electron chi connectivity index (χ0n) is 15.3. The molecule has 2 aromatic rings. The Bertz CT molecular complexity index is 734. The summed E-state index contributed by atoms with van der Waals surface area (Å²) in [5.74, 6) is 0.872. The van der Waals surface area contributed by atoms with E-state index in [2.05, 4.69) is 36.1 Å². The molecule has 0 radical (unpaired) electrons. The van der Waals surface area contributed by atoms with Gasteiger partial charge in [0.2, 0.25) is 0 Å². The number of nitrogen functional groups attached to an aromatic ring is 1. The molecule has 0 fully saturated rings. The van der Waals surface area contributed by atoms with Crippen LogP contribution in [0.25, 0.3) is 11.1 Å². The molecule has 3 nitrogen and oxygen atoms in total. The number of nitrogens with zero attached hydrogens (tertiary/aromatic N) is 1. The maximum Gasteiger partial charge on any atom is 0.118 e. The van der Waals surface area contributed by atoms with E-state index in [1.807, 2.05) is 24.3 Å². The van der Waals surface area contributed by atoms with Gasteiger partial charge in [-0.05, 0) is 61.9 Å². The number of anilines is 1. The number of hydrogen-bond acceptors (Lipinski definition) is 3. The smallest absolute Gasteiger partial charge is 0.118 e. The van der Waals surface area contributed by atoms with E-state index in [1.54, 1.807) is 7.11 Å². The molecule has 2 N–H and O–H groups in total. The van der Waals surface area contributed by atoms with Crippen molar-refractivity contribution >= 4 is 5.69 Å². The van der Waals surface area contributed by atoms with Gasteiger partial charge in [0.15, 0.2) is 0 Å². The average Bonchev–Trinajstić information content (AvgIpc) is 2.68. The first kappa shape index (κ1) is 17.4. The number of benzene rings is 2. The zero-order valence-corrected chi connectivity index (χ0v) is 15.3. The Hall–Kier alpha value is -2.42. The highest BCUT2D eigenvalue weighted by Crippen LogP contribution is 2.32. The molecule has 132 valence electrons. The predicted molar refractivity (Wildman–Crippen MR) is 105 cm³/mol. The van der Waals surface area contributed by atoms with Crippen molar-refractivity contribution in [3.8, 4) is 16.9 Å². The second kappa shape index (κ2) is 8.11. The number of ether oxygens (including phenoxy) is 1. The summed E-state index contributed by atoms with van der Waals surface area (Å²) in [6, 6.07) is 14.4. The Morgan fingerprint density at radius 1 is 1.08 bits per heavy atom. The summed E-state index contributed by atoms with van der Waals surface area (Å²) in [4.78, 5) is 2.47. The molecule has 0 aliphatic heterocycles. The Labute approximate surface area is 151 Å². The highest BCUT2D eigenvalue weighted by molar-refractivity contribution is 5.73. The zero-order chi connectivity index (χ0) is 17.6. The van der Waals surface area contributed by atoms with Gasteiger partial charge in [0.25, 0.3) is 0 Å². The van der Waals surface area contributed by atoms with Gasteiger partial charge in [-0.25, -0.2) is 0 Å². The Morgan fingerprint density at radius 2 is 1.88 bits per heavy atom. The maximum atomic E-state index is 6.38. The van der Waals surface area contributed by atoms with Crippen LogP contribution in [0.3, 0.4) is 0 Å². The van der Waals surface area contributed by atoms with Crippen molar-refractivity contribution in [2.75, 3.05) is 19.4 Å². The van der Waals surface area contributed by atoms with Crippen molar-refractivity contribution in [3.05, 3.63) is 59.8 Å². The normalized spacial score (nSPS) is 14.1. The maximum absolute atomic E-state index is 6.38. The van der Waals surface area contributed by atoms with E-state index >= 15 is 0 Å². The fraction of sp³-hybridized carbons (Fsp3) is 0.364. The van der Waals surface area contributed by atoms with E-state index in [4.69, 9.17) is 10.5 Å². The van der Waals surface area contributed by atoms with Gasteiger partial charge in [0.1, 0.15) is 5.75 Å². The Kier molecular flexibility index (Phi) is 5.64. The molecule has 1 aliphatic rings. The summed E-state index contributed by atoms with van der Waals surface area (Å²) in [7, 11) is 1.69. The lowest BCUT2D eigenvalue weighted by Crippen LogP contribution is -2.24.